The predicted molar refractivity (Wildman–Crippen MR) is 73.8 cm³/mol. The van der Waals surface area contributed by atoms with Crippen LogP contribution in [0.15, 0.2) is 18.2 Å². The predicted octanol–water partition coefficient (Wildman–Crippen LogP) is 2.44. The molecular formula is C15H17NO3. The van der Waals surface area contributed by atoms with Crippen LogP contribution in [-0.4, -0.2) is 19.0 Å². The quantitative estimate of drug-likeness (QED) is 0.655. The van der Waals surface area contributed by atoms with Gasteiger partial charge in [0.1, 0.15) is 0 Å². The third-order valence-electron chi connectivity index (χ3n) is 2.27. The van der Waals surface area contributed by atoms with Gasteiger partial charge in [-0.05, 0) is 12.1 Å². The fourth-order valence-corrected chi connectivity index (χ4v) is 1.48. The van der Waals surface area contributed by atoms with Crippen LogP contribution in [0.3, 0.4) is 0 Å². The second-order valence-corrected chi connectivity index (χ2v) is 4.32. The lowest BCUT2D eigenvalue weighted by Crippen LogP contribution is -2.11. The summed E-state index contributed by atoms with van der Waals surface area (Å²) >= 11 is 0. The van der Waals surface area contributed by atoms with Crippen molar-refractivity contribution < 1.29 is 14.3 Å². The number of carbonyl (C=O) groups is 2. The number of methoxy groups -OCH3 is 1. The van der Waals surface area contributed by atoms with Gasteiger partial charge in [-0.25, -0.2) is 4.79 Å². The highest BCUT2D eigenvalue weighted by Gasteiger charge is 2.14. The summed E-state index contributed by atoms with van der Waals surface area (Å²) in [6, 6.07) is 5.01. The maximum atomic E-state index is 11.7. The highest BCUT2D eigenvalue weighted by Crippen LogP contribution is 2.20. The molecule has 19 heavy (non-hydrogen) atoms. The molecule has 0 unspecified atom stereocenters. The molecule has 0 aliphatic heterocycles. The largest absolute Gasteiger partial charge is 0.465 e. The minimum atomic E-state index is -0.472. The molecule has 0 aliphatic carbocycles. The fourth-order valence-electron chi connectivity index (χ4n) is 1.48. The summed E-state index contributed by atoms with van der Waals surface area (Å²) in [7, 11) is 1.31. The third-order valence-corrected chi connectivity index (χ3v) is 2.27. The summed E-state index contributed by atoms with van der Waals surface area (Å²) in [6.45, 7) is 5.31. The van der Waals surface area contributed by atoms with Crippen LogP contribution in [-0.2, 0) is 9.53 Å². The molecule has 0 aromatic heterocycles. The molecule has 0 spiro atoms. The van der Waals surface area contributed by atoms with Crippen molar-refractivity contribution in [2.24, 2.45) is 5.92 Å². The lowest BCUT2D eigenvalue weighted by Gasteiger charge is -2.09. The molecule has 0 heterocycles. The molecule has 0 radical (unpaired) electrons. The molecule has 1 amide bonds. The van der Waals surface area contributed by atoms with Crippen LogP contribution in [0.1, 0.15) is 36.7 Å². The minimum Gasteiger partial charge on any atom is -0.465 e. The number of rotatable bonds is 2. The van der Waals surface area contributed by atoms with E-state index in [0.29, 0.717) is 16.8 Å². The molecule has 0 saturated heterocycles. The third kappa shape index (κ3) is 4.14. The van der Waals surface area contributed by atoms with Gasteiger partial charge in [0.15, 0.2) is 0 Å². The zero-order valence-electron chi connectivity index (χ0n) is 11.5. The second-order valence-electron chi connectivity index (χ2n) is 4.32. The lowest BCUT2D eigenvalue weighted by molar-refractivity contribution is -0.114. The van der Waals surface area contributed by atoms with Crippen LogP contribution in [0.25, 0.3) is 0 Å². The topological polar surface area (TPSA) is 55.4 Å². The zero-order chi connectivity index (χ0) is 14.4. The van der Waals surface area contributed by atoms with Crippen molar-refractivity contribution in [3.8, 4) is 11.8 Å². The van der Waals surface area contributed by atoms with Gasteiger partial charge in [-0.1, -0.05) is 31.8 Å². The maximum Gasteiger partial charge on any atom is 0.339 e. The van der Waals surface area contributed by atoms with E-state index in [-0.39, 0.29) is 11.8 Å². The smallest absolute Gasteiger partial charge is 0.339 e. The number of nitrogens with one attached hydrogen (secondary N) is 1. The van der Waals surface area contributed by atoms with Crippen molar-refractivity contribution in [1.29, 1.82) is 0 Å². The molecule has 4 nitrogen and oxygen atoms in total. The van der Waals surface area contributed by atoms with E-state index in [1.165, 1.54) is 14.0 Å². The Hall–Kier alpha value is -2.28. The Bertz CT molecular complexity index is 550. The van der Waals surface area contributed by atoms with Gasteiger partial charge in [0.25, 0.3) is 0 Å². The van der Waals surface area contributed by atoms with Crippen LogP contribution in [0, 0.1) is 17.8 Å². The molecule has 100 valence electrons. The van der Waals surface area contributed by atoms with E-state index in [2.05, 4.69) is 17.2 Å². The van der Waals surface area contributed by atoms with Crippen LogP contribution >= 0.6 is 0 Å². The Morgan fingerprint density at radius 2 is 2.00 bits per heavy atom. The van der Waals surface area contributed by atoms with Crippen molar-refractivity contribution >= 4 is 17.6 Å². The molecular weight excluding hydrogens is 242 g/mol. The Morgan fingerprint density at radius 1 is 1.32 bits per heavy atom. The number of benzene rings is 1. The average molecular weight is 259 g/mol. The number of amides is 1. The van der Waals surface area contributed by atoms with E-state index in [1.54, 1.807) is 18.2 Å². The second kappa shape index (κ2) is 6.60. The molecule has 0 fully saturated rings. The molecule has 1 N–H and O–H groups in total. The van der Waals surface area contributed by atoms with Gasteiger partial charge in [-0.2, -0.15) is 0 Å². The van der Waals surface area contributed by atoms with Gasteiger partial charge < -0.3 is 10.1 Å². The molecule has 0 bridgehead atoms. The zero-order valence-corrected chi connectivity index (χ0v) is 11.5. The standard InChI is InChI=1S/C15H17NO3/c1-10(2)8-9-12-13(15(18)19-4)6-5-7-14(12)16-11(3)17/h5-7,10H,1-4H3,(H,16,17). The highest BCUT2D eigenvalue weighted by molar-refractivity contribution is 5.97. The summed E-state index contributed by atoms with van der Waals surface area (Å²) in [4.78, 5) is 22.9. The van der Waals surface area contributed by atoms with E-state index in [1.807, 2.05) is 13.8 Å². The first kappa shape index (κ1) is 14.8. The van der Waals surface area contributed by atoms with Gasteiger partial charge in [0.05, 0.1) is 23.9 Å². The fraction of sp³-hybridized carbons (Fsp3) is 0.333. The van der Waals surface area contributed by atoms with Crippen molar-refractivity contribution in [3.05, 3.63) is 29.3 Å². The number of ether oxygens (including phenoxy) is 1. The van der Waals surface area contributed by atoms with Crippen LogP contribution in [0.5, 0.6) is 0 Å². The van der Waals surface area contributed by atoms with E-state index in [9.17, 15) is 9.59 Å². The van der Waals surface area contributed by atoms with Gasteiger partial charge in [0, 0.05) is 12.8 Å². The molecule has 1 aromatic rings. The van der Waals surface area contributed by atoms with Crippen LogP contribution in [0.2, 0.25) is 0 Å². The first-order chi connectivity index (χ1) is 8.95. The van der Waals surface area contributed by atoms with Gasteiger partial charge in [0.2, 0.25) is 5.91 Å². The first-order valence-corrected chi connectivity index (χ1v) is 5.96. The van der Waals surface area contributed by atoms with Crippen molar-refractivity contribution in [2.45, 2.75) is 20.8 Å². The summed E-state index contributed by atoms with van der Waals surface area (Å²) in [6.07, 6.45) is 0. The highest BCUT2D eigenvalue weighted by atomic mass is 16.5. The lowest BCUT2D eigenvalue weighted by atomic mass is 10.0. The monoisotopic (exact) mass is 259 g/mol. The molecule has 0 atom stereocenters. The normalized spacial score (nSPS) is 9.53. The number of hydrogen-bond donors (Lipinski definition) is 1. The molecule has 0 saturated carbocycles. The van der Waals surface area contributed by atoms with Gasteiger partial charge >= 0.3 is 5.97 Å². The number of anilines is 1. The SMILES string of the molecule is COC(=O)c1cccc(NC(C)=O)c1C#CC(C)C. The first-order valence-electron chi connectivity index (χ1n) is 5.96. The molecule has 1 rings (SSSR count). The van der Waals surface area contributed by atoms with Crippen molar-refractivity contribution in [3.63, 3.8) is 0 Å². The van der Waals surface area contributed by atoms with E-state index >= 15 is 0 Å². The number of hydrogen-bond acceptors (Lipinski definition) is 3. The van der Waals surface area contributed by atoms with Gasteiger partial charge in [-0.3, -0.25) is 4.79 Å². The summed E-state index contributed by atoms with van der Waals surface area (Å²) in [5, 5.41) is 2.67. The summed E-state index contributed by atoms with van der Waals surface area (Å²) in [5.41, 5.74) is 1.35. The van der Waals surface area contributed by atoms with Crippen LogP contribution in [0.4, 0.5) is 5.69 Å². The summed E-state index contributed by atoms with van der Waals surface area (Å²) < 4.78 is 4.72. The van der Waals surface area contributed by atoms with E-state index in [4.69, 9.17) is 4.74 Å². The molecule has 4 heteroatoms. The van der Waals surface area contributed by atoms with Gasteiger partial charge in [-0.15, -0.1) is 0 Å². The maximum absolute atomic E-state index is 11.7. The summed E-state index contributed by atoms with van der Waals surface area (Å²) in [5.74, 6) is 5.40. The van der Waals surface area contributed by atoms with E-state index < -0.39 is 5.97 Å². The average Bonchev–Trinajstić information content (AvgIpc) is 2.35. The van der Waals surface area contributed by atoms with Crippen LogP contribution < -0.4 is 5.32 Å². The number of esters is 1. The van der Waals surface area contributed by atoms with Crippen molar-refractivity contribution in [1.82, 2.24) is 0 Å². The Balaban J connectivity index is 3.36. The van der Waals surface area contributed by atoms with Crippen molar-refractivity contribution in [2.75, 3.05) is 12.4 Å². The Kier molecular flexibility index (Phi) is 5.13. The minimum absolute atomic E-state index is 0.163. The Labute approximate surface area is 113 Å². The number of carbonyl (C=O) groups excluding carboxylic acids is 2. The molecule has 1 aromatic carbocycles. The molecule has 0 aliphatic rings. The Morgan fingerprint density at radius 3 is 2.53 bits per heavy atom. The van der Waals surface area contributed by atoms with E-state index in [0.717, 1.165) is 0 Å².